The average molecular weight is 409 g/mol. The number of nitrogens with one attached hydrogen (secondary N) is 3. The monoisotopic (exact) mass is 408 g/mol. The van der Waals surface area contributed by atoms with E-state index in [0.29, 0.717) is 0 Å². The summed E-state index contributed by atoms with van der Waals surface area (Å²) in [6.45, 7) is 4.18. The Morgan fingerprint density at radius 3 is 2.48 bits per heavy atom. The smallest absolute Gasteiger partial charge is 0.119 e. The molecule has 0 aliphatic carbocycles. The molecule has 0 radical (unpaired) electrons. The molecule has 0 unspecified atom stereocenters. The first kappa shape index (κ1) is 19.0. The van der Waals surface area contributed by atoms with Crippen LogP contribution < -0.4 is 31.3 Å². The van der Waals surface area contributed by atoms with Crippen LogP contribution in [0.4, 0.5) is 11.4 Å². The van der Waals surface area contributed by atoms with Crippen molar-refractivity contribution in [2.24, 2.45) is 4.99 Å². The standard InChI is InChI=1S/C26H24N4O/c1-16-12-17(2)27-22(16)14-25-24(28-19-8-10-20(31-3)11-9-19)15-26(30-25)23-13-18-6-4-5-7-21(18)29-23/h4-15,27-28,30H,1-3H3. The second-order valence-electron chi connectivity index (χ2n) is 7.76. The van der Waals surface area contributed by atoms with E-state index >= 15 is 0 Å². The number of fused-ring (bicyclic) bond motifs is 1. The average Bonchev–Trinajstić information content (AvgIpc) is 3.46. The molecular weight excluding hydrogens is 384 g/mol. The summed E-state index contributed by atoms with van der Waals surface area (Å²) in [6.07, 6.45) is 4.26. The predicted molar refractivity (Wildman–Crippen MR) is 125 cm³/mol. The van der Waals surface area contributed by atoms with E-state index in [4.69, 9.17) is 9.73 Å². The summed E-state index contributed by atoms with van der Waals surface area (Å²) in [4.78, 5) is 11.8. The van der Waals surface area contributed by atoms with Gasteiger partial charge in [0.05, 0.1) is 34.5 Å². The SMILES string of the molecule is COc1ccc(Nc2cc(=C3C=c4ccccc4=N3)[nH]c2=Cc2[nH]c(C)cc2C)cc1. The molecule has 0 saturated carbocycles. The van der Waals surface area contributed by atoms with Crippen molar-refractivity contribution in [3.63, 3.8) is 0 Å². The number of rotatable bonds is 4. The first-order chi connectivity index (χ1) is 15.1. The van der Waals surface area contributed by atoms with Crippen LogP contribution in [0.15, 0.2) is 65.7 Å². The van der Waals surface area contributed by atoms with Gasteiger partial charge in [-0.2, -0.15) is 0 Å². The largest absolute Gasteiger partial charge is 0.497 e. The molecule has 1 aliphatic rings. The molecule has 5 nitrogen and oxygen atoms in total. The number of para-hydroxylation sites is 1. The summed E-state index contributed by atoms with van der Waals surface area (Å²) in [6, 6.07) is 20.4. The van der Waals surface area contributed by atoms with Crippen LogP contribution in [-0.2, 0) is 0 Å². The molecule has 154 valence electrons. The van der Waals surface area contributed by atoms with E-state index < -0.39 is 0 Å². The number of aromatic nitrogens is 2. The molecule has 0 atom stereocenters. The van der Waals surface area contributed by atoms with Crippen LogP contribution in [0.3, 0.4) is 0 Å². The number of hydrogen-bond donors (Lipinski definition) is 3. The van der Waals surface area contributed by atoms with Crippen LogP contribution in [0, 0.1) is 13.8 Å². The topological polar surface area (TPSA) is 65.2 Å². The Hall–Kier alpha value is -3.99. The predicted octanol–water partition coefficient (Wildman–Crippen LogP) is 2.76. The van der Waals surface area contributed by atoms with Crippen molar-refractivity contribution < 1.29 is 4.74 Å². The first-order valence-electron chi connectivity index (χ1n) is 10.3. The molecule has 5 heteroatoms. The highest BCUT2D eigenvalue weighted by Gasteiger charge is 2.07. The Morgan fingerprint density at radius 1 is 0.968 bits per heavy atom. The lowest BCUT2D eigenvalue weighted by Crippen LogP contribution is -2.19. The fourth-order valence-corrected chi connectivity index (χ4v) is 3.86. The highest BCUT2D eigenvalue weighted by molar-refractivity contribution is 5.77. The summed E-state index contributed by atoms with van der Waals surface area (Å²) in [5.74, 6) is 0.831. The second kappa shape index (κ2) is 7.69. The van der Waals surface area contributed by atoms with Gasteiger partial charge < -0.3 is 20.0 Å². The van der Waals surface area contributed by atoms with Crippen LogP contribution >= 0.6 is 0 Å². The van der Waals surface area contributed by atoms with Gasteiger partial charge in [-0.05, 0) is 74.0 Å². The lowest BCUT2D eigenvalue weighted by Gasteiger charge is -2.05. The second-order valence-corrected chi connectivity index (χ2v) is 7.76. The number of nitrogens with zero attached hydrogens (tertiary/aromatic N) is 1. The zero-order chi connectivity index (χ0) is 21.4. The van der Waals surface area contributed by atoms with Crippen LogP contribution in [0.2, 0.25) is 0 Å². The third-order valence-electron chi connectivity index (χ3n) is 5.44. The number of anilines is 2. The summed E-state index contributed by atoms with van der Waals surface area (Å²) in [7, 11) is 1.67. The molecule has 0 fully saturated rings. The zero-order valence-corrected chi connectivity index (χ0v) is 17.8. The van der Waals surface area contributed by atoms with E-state index in [2.05, 4.69) is 59.5 Å². The van der Waals surface area contributed by atoms with Gasteiger partial charge in [-0.3, -0.25) is 0 Å². The summed E-state index contributed by atoms with van der Waals surface area (Å²) in [5.41, 5.74) is 6.34. The minimum Gasteiger partial charge on any atom is -0.497 e. The molecule has 0 saturated heterocycles. The maximum atomic E-state index is 5.28. The van der Waals surface area contributed by atoms with Gasteiger partial charge in [-0.25, -0.2) is 4.99 Å². The molecule has 31 heavy (non-hydrogen) atoms. The third-order valence-corrected chi connectivity index (χ3v) is 5.44. The molecule has 2 aromatic heterocycles. The normalized spacial score (nSPS) is 14.7. The first-order valence-corrected chi connectivity index (χ1v) is 10.3. The van der Waals surface area contributed by atoms with Crippen molar-refractivity contribution in [3.05, 3.63) is 98.9 Å². The van der Waals surface area contributed by atoms with Crippen molar-refractivity contribution in [2.45, 2.75) is 13.8 Å². The summed E-state index contributed by atoms with van der Waals surface area (Å²) in [5, 5.41) is 7.63. The van der Waals surface area contributed by atoms with Crippen LogP contribution in [0.25, 0.3) is 17.8 Å². The minimum atomic E-state index is 0.831. The van der Waals surface area contributed by atoms with E-state index in [0.717, 1.165) is 55.5 Å². The van der Waals surface area contributed by atoms with Gasteiger partial charge in [0.25, 0.3) is 0 Å². The fraction of sp³-hybridized carbons (Fsp3) is 0.115. The molecular formula is C26H24N4O. The Kier molecular flexibility index (Phi) is 4.71. The van der Waals surface area contributed by atoms with Crippen molar-refractivity contribution >= 4 is 29.2 Å². The van der Waals surface area contributed by atoms with Crippen LogP contribution in [0.5, 0.6) is 5.75 Å². The molecule has 2 aromatic carbocycles. The molecule has 0 bridgehead atoms. The van der Waals surface area contributed by atoms with Gasteiger partial charge in [0.1, 0.15) is 5.75 Å². The van der Waals surface area contributed by atoms with E-state index in [9.17, 15) is 0 Å². The minimum absolute atomic E-state index is 0.831. The van der Waals surface area contributed by atoms with Crippen LogP contribution in [-0.4, -0.2) is 17.1 Å². The highest BCUT2D eigenvalue weighted by atomic mass is 16.5. The van der Waals surface area contributed by atoms with E-state index in [1.54, 1.807) is 7.11 Å². The number of methoxy groups -OCH3 is 1. The molecule has 1 aliphatic heterocycles. The number of hydrogen-bond acceptors (Lipinski definition) is 3. The molecule has 0 spiro atoms. The Balaban J connectivity index is 1.66. The van der Waals surface area contributed by atoms with Gasteiger partial charge >= 0.3 is 0 Å². The quantitative estimate of drug-likeness (QED) is 0.486. The van der Waals surface area contributed by atoms with Gasteiger partial charge in [0.15, 0.2) is 0 Å². The maximum absolute atomic E-state index is 5.28. The number of aryl methyl sites for hydroxylation is 2. The molecule has 0 amide bonds. The van der Waals surface area contributed by atoms with Gasteiger partial charge in [-0.1, -0.05) is 18.2 Å². The lowest BCUT2D eigenvalue weighted by molar-refractivity contribution is 0.415. The maximum Gasteiger partial charge on any atom is 0.119 e. The van der Waals surface area contributed by atoms with Crippen LogP contribution in [0.1, 0.15) is 17.0 Å². The van der Waals surface area contributed by atoms with Crippen molar-refractivity contribution in [1.82, 2.24) is 9.97 Å². The van der Waals surface area contributed by atoms with Crippen molar-refractivity contribution in [1.29, 1.82) is 0 Å². The van der Waals surface area contributed by atoms with Gasteiger partial charge in [-0.15, -0.1) is 0 Å². The van der Waals surface area contributed by atoms with Crippen molar-refractivity contribution in [2.75, 3.05) is 12.4 Å². The highest BCUT2D eigenvalue weighted by Crippen LogP contribution is 2.18. The Bertz CT molecular complexity index is 1470. The lowest BCUT2D eigenvalue weighted by atomic mass is 10.2. The third kappa shape index (κ3) is 3.78. The number of ether oxygens (including phenoxy) is 1. The van der Waals surface area contributed by atoms with Crippen molar-refractivity contribution in [3.8, 4) is 5.75 Å². The molecule has 3 heterocycles. The summed E-state index contributed by atoms with van der Waals surface area (Å²) < 4.78 is 5.28. The zero-order valence-electron chi connectivity index (χ0n) is 17.8. The number of H-pyrrole nitrogens is 2. The van der Waals surface area contributed by atoms with E-state index in [-0.39, 0.29) is 0 Å². The summed E-state index contributed by atoms with van der Waals surface area (Å²) >= 11 is 0. The molecule has 4 aromatic rings. The van der Waals surface area contributed by atoms with Gasteiger partial charge in [0.2, 0.25) is 0 Å². The van der Waals surface area contributed by atoms with E-state index in [1.807, 2.05) is 42.5 Å². The molecule has 3 N–H and O–H groups in total. The Labute approximate surface area is 180 Å². The number of benzene rings is 2. The fourth-order valence-electron chi connectivity index (χ4n) is 3.86. The number of aromatic amines is 2. The molecule has 5 rings (SSSR count). The van der Waals surface area contributed by atoms with E-state index in [1.165, 1.54) is 5.56 Å². The van der Waals surface area contributed by atoms with Gasteiger partial charge in [0, 0.05) is 22.3 Å². The Morgan fingerprint density at radius 2 is 1.77 bits per heavy atom.